The molecular formula is C5H8O2S. The van der Waals surface area contributed by atoms with E-state index in [1.54, 1.807) is 12.2 Å². The fourth-order valence-electron chi connectivity index (χ4n) is 0.657. The number of hydrogen-bond acceptors (Lipinski definition) is 3. The first kappa shape index (κ1) is 6.13. The molecule has 0 saturated carbocycles. The third-order valence-electron chi connectivity index (χ3n) is 1.21. The lowest BCUT2D eigenvalue weighted by Gasteiger charge is -2.09. The van der Waals surface area contributed by atoms with Gasteiger partial charge in [-0.15, -0.1) is 0 Å². The highest BCUT2D eigenvalue weighted by atomic mass is 32.1. The van der Waals surface area contributed by atoms with Crippen LogP contribution in [-0.2, 0) is 0 Å². The normalized spacial score (nSPS) is 45.6. The van der Waals surface area contributed by atoms with Crippen LogP contribution >= 0.6 is 12.6 Å². The summed E-state index contributed by atoms with van der Waals surface area (Å²) in [4.78, 5) is 0. The van der Waals surface area contributed by atoms with Crippen LogP contribution in [0.3, 0.4) is 0 Å². The number of hydrogen-bond donors (Lipinski definition) is 3. The van der Waals surface area contributed by atoms with E-state index in [1.165, 1.54) is 0 Å². The minimum Gasteiger partial charge on any atom is -0.389 e. The van der Waals surface area contributed by atoms with E-state index in [1.807, 2.05) is 0 Å². The Kier molecular flexibility index (Phi) is 1.60. The van der Waals surface area contributed by atoms with Crippen LogP contribution in [0.4, 0.5) is 0 Å². The summed E-state index contributed by atoms with van der Waals surface area (Å²) < 4.78 is 0. The van der Waals surface area contributed by atoms with Gasteiger partial charge < -0.3 is 10.2 Å². The zero-order chi connectivity index (χ0) is 6.15. The van der Waals surface area contributed by atoms with Gasteiger partial charge in [0.1, 0.15) is 0 Å². The molecule has 0 amide bonds. The minimum absolute atomic E-state index is 0.190. The van der Waals surface area contributed by atoms with Crippen LogP contribution in [0, 0.1) is 0 Å². The average Bonchev–Trinajstić information content (AvgIpc) is 1.98. The predicted molar refractivity (Wildman–Crippen MR) is 33.9 cm³/mol. The van der Waals surface area contributed by atoms with Gasteiger partial charge in [0.15, 0.2) is 0 Å². The van der Waals surface area contributed by atoms with Crippen molar-refractivity contribution in [2.75, 3.05) is 0 Å². The van der Waals surface area contributed by atoms with Crippen molar-refractivity contribution in [2.45, 2.75) is 17.5 Å². The summed E-state index contributed by atoms with van der Waals surface area (Å²) in [6.07, 6.45) is 1.80. The number of rotatable bonds is 0. The maximum atomic E-state index is 8.88. The monoisotopic (exact) mass is 132 g/mol. The minimum atomic E-state index is -0.711. The van der Waals surface area contributed by atoms with E-state index in [4.69, 9.17) is 10.2 Å². The molecule has 1 aliphatic carbocycles. The van der Waals surface area contributed by atoms with Gasteiger partial charge in [-0.1, -0.05) is 12.2 Å². The molecule has 2 N–H and O–H groups in total. The molecule has 0 aromatic rings. The van der Waals surface area contributed by atoms with Crippen LogP contribution in [0.1, 0.15) is 0 Å². The molecule has 0 bridgehead atoms. The first-order valence-electron chi connectivity index (χ1n) is 2.44. The van der Waals surface area contributed by atoms with E-state index >= 15 is 0 Å². The molecule has 0 saturated heterocycles. The molecule has 0 aliphatic heterocycles. The molecule has 3 heteroatoms. The van der Waals surface area contributed by atoms with E-state index in [9.17, 15) is 0 Å². The van der Waals surface area contributed by atoms with Crippen molar-refractivity contribution in [3.8, 4) is 0 Å². The van der Waals surface area contributed by atoms with Gasteiger partial charge >= 0.3 is 0 Å². The standard InChI is InChI=1S/C5H8O2S/c6-3-1-2-4(8)5(3)7/h1-8H. The molecule has 0 aromatic heterocycles. The van der Waals surface area contributed by atoms with E-state index in [2.05, 4.69) is 12.6 Å². The highest BCUT2D eigenvalue weighted by molar-refractivity contribution is 7.81. The predicted octanol–water partition coefficient (Wildman–Crippen LogP) is -0.424. The smallest absolute Gasteiger partial charge is 0.0994 e. The summed E-state index contributed by atoms with van der Waals surface area (Å²) in [7, 11) is 0. The average molecular weight is 132 g/mol. The molecule has 2 nitrogen and oxygen atoms in total. The molecule has 3 atom stereocenters. The Balaban J connectivity index is 2.55. The second-order valence-electron chi connectivity index (χ2n) is 1.86. The van der Waals surface area contributed by atoms with Crippen molar-refractivity contribution in [3.63, 3.8) is 0 Å². The largest absolute Gasteiger partial charge is 0.389 e. The third kappa shape index (κ3) is 0.891. The summed E-state index contributed by atoms with van der Waals surface area (Å²) in [5.41, 5.74) is 0. The Morgan fingerprint density at radius 2 is 1.88 bits per heavy atom. The zero-order valence-corrected chi connectivity index (χ0v) is 5.12. The Hall–Kier alpha value is 0.01000. The maximum absolute atomic E-state index is 8.88. The number of thiol groups is 1. The lowest BCUT2D eigenvalue weighted by molar-refractivity contribution is 0.0644. The van der Waals surface area contributed by atoms with Crippen molar-refractivity contribution in [1.29, 1.82) is 0 Å². The van der Waals surface area contributed by atoms with Gasteiger partial charge in [-0.3, -0.25) is 0 Å². The Bertz CT molecular complexity index is 101. The second kappa shape index (κ2) is 2.09. The number of aliphatic hydroxyl groups is 2. The fraction of sp³-hybridized carbons (Fsp3) is 0.600. The van der Waals surface area contributed by atoms with Gasteiger partial charge in [-0.2, -0.15) is 12.6 Å². The molecule has 1 aliphatic rings. The van der Waals surface area contributed by atoms with Crippen molar-refractivity contribution in [2.24, 2.45) is 0 Å². The van der Waals surface area contributed by atoms with Gasteiger partial charge in [0.05, 0.1) is 12.2 Å². The van der Waals surface area contributed by atoms with Gasteiger partial charge in [-0.25, -0.2) is 0 Å². The Labute approximate surface area is 53.2 Å². The first-order chi connectivity index (χ1) is 3.72. The molecule has 0 heterocycles. The van der Waals surface area contributed by atoms with Crippen LogP contribution in [0.25, 0.3) is 0 Å². The topological polar surface area (TPSA) is 40.5 Å². The molecule has 8 heavy (non-hydrogen) atoms. The summed E-state index contributed by atoms with van der Waals surface area (Å²) >= 11 is 3.95. The van der Waals surface area contributed by atoms with E-state index in [-0.39, 0.29) is 5.25 Å². The quantitative estimate of drug-likeness (QED) is 0.309. The van der Waals surface area contributed by atoms with Crippen molar-refractivity contribution in [3.05, 3.63) is 12.2 Å². The molecule has 0 aromatic carbocycles. The first-order valence-corrected chi connectivity index (χ1v) is 2.96. The van der Waals surface area contributed by atoms with Crippen LogP contribution < -0.4 is 0 Å². The van der Waals surface area contributed by atoms with Crippen molar-refractivity contribution >= 4 is 12.6 Å². The highest BCUT2D eigenvalue weighted by Crippen LogP contribution is 2.15. The fourth-order valence-corrected chi connectivity index (χ4v) is 0.933. The van der Waals surface area contributed by atoms with E-state index < -0.39 is 12.2 Å². The Morgan fingerprint density at radius 3 is 2.00 bits per heavy atom. The zero-order valence-electron chi connectivity index (χ0n) is 4.23. The molecule has 0 spiro atoms. The van der Waals surface area contributed by atoms with Gasteiger partial charge in [0, 0.05) is 5.25 Å². The van der Waals surface area contributed by atoms with Gasteiger partial charge in [0.25, 0.3) is 0 Å². The van der Waals surface area contributed by atoms with Gasteiger partial charge in [0.2, 0.25) is 0 Å². The van der Waals surface area contributed by atoms with E-state index in [0.717, 1.165) is 0 Å². The molecule has 0 radical (unpaired) electrons. The molecule has 0 fully saturated rings. The second-order valence-corrected chi connectivity index (χ2v) is 2.45. The summed E-state index contributed by atoms with van der Waals surface area (Å²) in [5.74, 6) is 0. The van der Waals surface area contributed by atoms with Crippen LogP contribution in [0.2, 0.25) is 0 Å². The lowest BCUT2D eigenvalue weighted by Crippen LogP contribution is -2.25. The van der Waals surface area contributed by atoms with Crippen molar-refractivity contribution < 1.29 is 10.2 Å². The van der Waals surface area contributed by atoms with Crippen LogP contribution in [0.5, 0.6) is 0 Å². The maximum Gasteiger partial charge on any atom is 0.0994 e. The van der Waals surface area contributed by atoms with Gasteiger partial charge in [-0.05, 0) is 0 Å². The van der Waals surface area contributed by atoms with Crippen molar-refractivity contribution in [1.82, 2.24) is 0 Å². The van der Waals surface area contributed by atoms with Crippen LogP contribution in [0.15, 0.2) is 12.2 Å². The number of aliphatic hydroxyl groups excluding tert-OH is 2. The molecule has 1 rings (SSSR count). The lowest BCUT2D eigenvalue weighted by atomic mass is 10.2. The summed E-state index contributed by atoms with van der Waals surface area (Å²) in [6.45, 7) is 0. The van der Waals surface area contributed by atoms with Crippen LogP contribution in [-0.4, -0.2) is 27.7 Å². The van der Waals surface area contributed by atoms with E-state index in [0.29, 0.717) is 0 Å². The molecule has 46 valence electrons. The Morgan fingerprint density at radius 1 is 1.25 bits per heavy atom. The summed E-state index contributed by atoms with van der Waals surface area (Å²) in [6, 6.07) is 0. The highest BCUT2D eigenvalue weighted by Gasteiger charge is 2.24. The SMILES string of the molecule is OC1C=CC(S)C1O. The molecular weight excluding hydrogens is 124 g/mol. The third-order valence-corrected chi connectivity index (χ3v) is 1.68. The summed E-state index contributed by atoms with van der Waals surface area (Å²) in [5, 5.41) is 17.5. The molecule has 3 unspecified atom stereocenters.